The summed E-state index contributed by atoms with van der Waals surface area (Å²) in [5.41, 5.74) is 1.91. The number of aromatic hydroxyl groups is 1. The maximum Gasteiger partial charge on any atom is 0.311 e. The van der Waals surface area contributed by atoms with Crippen LogP contribution in [0.15, 0.2) is 48.1 Å². The molecule has 2 heterocycles. The van der Waals surface area contributed by atoms with Gasteiger partial charge in [0, 0.05) is 29.4 Å². The summed E-state index contributed by atoms with van der Waals surface area (Å²) in [4.78, 5) is 18.6. The van der Waals surface area contributed by atoms with Crippen LogP contribution >= 0.6 is 11.3 Å². The fraction of sp³-hybridized carbons (Fsp3) is 0. The van der Waals surface area contributed by atoms with Crippen LogP contribution in [0.4, 0.5) is 5.69 Å². The molecule has 0 bridgehead atoms. The second-order valence-electron chi connectivity index (χ2n) is 4.95. The topological polar surface area (TPSA) is 113 Å². The minimum atomic E-state index is -0.677. The molecule has 3 aromatic rings. The third kappa shape index (κ3) is 3.52. The number of aromatic nitrogens is 2. The molecule has 0 unspecified atom stereocenters. The minimum absolute atomic E-state index is 0.283. The largest absolute Gasteiger partial charge is 0.502 e. The van der Waals surface area contributed by atoms with Crippen LogP contribution in [0.2, 0.25) is 0 Å². The first kappa shape index (κ1) is 16.3. The van der Waals surface area contributed by atoms with Crippen molar-refractivity contribution in [1.29, 1.82) is 5.26 Å². The maximum absolute atomic E-state index is 10.9. The zero-order valence-corrected chi connectivity index (χ0v) is 13.5. The zero-order valence-electron chi connectivity index (χ0n) is 12.7. The Morgan fingerprint density at radius 3 is 2.76 bits per heavy atom. The number of benzene rings is 1. The van der Waals surface area contributed by atoms with Gasteiger partial charge in [0.05, 0.1) is 16.2 Å². The van der Waals surface area contributed by atoms with Gasteiger partial charge in [-0.15, -0.1) is 11.3 Å². The number of phenolic OH excluding ortho intramolecular Hbond substituents is 1. The minimum Gasteiger partial charge on any atom is -0.502 e. The van der Waals surface area contributed by atoms with Crippen LogP contribution in [0.5, 0.6) is 5.75 Å². The summed E-state index contributed by atoms with van der Waals surface area (Å²) in [5, 5.41) is 32.1. The standard InChI is InChI=1S/C17H10N4O3S/c18-9-13(7-11-1-2-16(22)15(8-11)21(23)24)17-20-14(10-25-17)12-3-5-19-6-4-12/h1-8,10,22H/b13-7+. The van der Waals surface area contributed by atoms with Crippen LogP contribution in [-0.4, -0.2) is 20.0 Å². The van der Waals surface area contributed by atoms with Gasteiger partial charge >= 0.3 is 5.69 Å². The molecule has 1 aromatic carbocycles. The molecule has 0 radical (unpaired) electrons. The highest BCUT2D eigenvalue weighted by atomic mass is 32.1. The van der Waals surface area contributed by atoms with E-state index in [1.165, 1.54) is 35.6 Å². The number of hydrogen-bond donors (Lipinski definition) is 1. The van der Waals surface area contributed by atoms with Gasteiger partial charge in [0.1, 0.15) is 11.1 Å². The van der Waals surface area contributed by atoms with Gasteiger partial charge < -0.3 is 5.11 Å². The van der Waals surface area contributed by atoms with Gasteiger partial charge in [-0.2, -0.15) is 5.26 Å². The van der Waals surface area contributed by atoms with E-state index in [2.05, 4.69) is 16.0 Å². The summed E-state index contributed by atoms with van der Waals surface area (Å²) in [6, 6.07) is 9.63. The highest BCUT2D eigenvalue weighted by Crippen LogP contribution is 2.30. The molecule has 0 amide bonds. The average molecular weight is 350 g/mol. The number of rotatable bonds is 4. The molecule has 0 atom stereocenters. The quantitative estimate of drug-likeness (QED) is 0.434. The number of phenols is 1. The van der Waals surface area contributed by atoms with Gasteiger partial charge in [-0.05, 0) is 29.8 Å². The second kappa shape index (κ2) is 6.90. The third-order valence-electron chi connectivity index (χ3n) is 3.34. The number of nitriles is 1. The molecular weight excluding hydrogens is 340 g/mol. The first-order valence-corrected chi connectivity index (χ1v) is 7.92. The molecule has 25 heavy (non-hydrogen) atoms. The Morgan fingerprint density at radius 1 is 1.32 bits per heavy atom. The number of thiazole rings is 1. The Morgan fingerprint density at radius 2 is 2.08 bits per heavy atom. The summed E-state index contributed by atoms with van der Waals surface area (Å²) < 4.78 is 0. The van der Waals surface area contributed by atoms with E-state index < -0.39 is 16.4 Å². The molecule has 0 spiro atoms. The molecule has 8 heteroatoms. The lowest BCUT2D eigenvalue weighted by Crippen LogP contribution is -1.89. The molecule has 1 N–H and O–H groups in total. The molecule has 7 nitrogen and oxygen atoms in total. The van der Waals surface area contributed by atoms with Crippen molar-refractivity contribution in [3.05, 3.63) is 68.8 Å². The van der Waals surface area contributed by atoms with Gasteiger partial charge in [-0.1, -0.05) is 6.07 Å². The average Bonchev–Trinajstić information content (AvgIpc) is 3.11. The fourth-order valence-corrected chi connectivity index (χ4v) is 2.93. The van der Waals surface area contributed by atoms with Crippen molar-refractivity contribution < 1.29 is 10.0 Å². The lowest BCUT2D eigenvalue weighted by Gasteiger charge is -1.99. The third-order valence-corrected chi connectivity index (χ3v) is 4.21. The number of hydrogen-bond acceptors (Lipinski definition) is 7. The zero-order chi connectivity index (χ0) is 17.8. The smallest absolute Gasteiger partial charge is 0.311 e. The molecule has 3 rings (SSSR count). The molecule has 0 saturated carbocycles. The molecule has 0 saturated heterocycles. The van der Waals surface area contributed by atoms with Crippen LogP contribution in [0.3, 0.4) is 0 Å². The highest BCUT2D eigenvalue weighted by Gasteiger charge is 2.14. The van der Waals surface area contributed by atoms with Crippen molar-refractivity contribution in [1.82, 2.24) is 9.97 Å². The normalized spacial score (nSPS) is 11.1. The Kier molecular flexibility index (Phi) is 4.50. The predicted octanol–water partition coefficient (Wildman–Crippen LogP) is 3.88. The number of nitro groups is 1. The molecule has 2 aromatic heterocycles. The number of allylic oxidation sites excluding steroid dienone is 1. The molecule has 0 aliphatic rings. The Labute approximate surface area is 146 Å². The molecular formula is C17H10N4O3S. The van der Waals surface area contributed by atoms with Crippen LogP contribution in [-0.2, 0) is 0 Å². The summed E-state index contributed by atoms with van der Waals surface area (Å²) in [6.07, 6.45) is 4.82. The lowest BCUT2D eigenvalue weighted by molar-refractivity contribution is -0.385. The van der Waals surface area contributed by atoms with E-state index in [0.717, 1.165) is 11.3 Å². The van der Waals surface area contributed by atoms with Crippen LogP contribution in [0.1, 0.15) is 10.6 Å². The summed E-state index contributed by atoms with van der Waals surface area (Å²) in [6.45, 7) is 0. The molecule has 0 aliphatic carbocycles. The van der Waals surface area contributed by atoms with Crippen molar-refractivity contribution in [3.8, 4) is 23.1 Å². The lowest BCUT2D eigenvalue weighted by atomic mass is 10.1. The Balaban J connectivity index is 1.97. The van der Waals surface area contributed by atoms with E-state index in [9.17, 15) is 20.5 Å². The van der Waals surface area contributed by atoms with Crippen molar-refractivity contribution >= 4 is 28.7 Å². The van der Waals surface area contributed by atoms with Gasteiger partial charge in [0.25, 0.3) is 0 Å². The molecule has 122 valence electrons. The highest BCUT2D eigenvalue weighted by molar-refractivity contribution is 7.11. The summed E-state index contributed by atoms with van der Waals surface area (Å²) in [5.74, 6) is -0.421. The van der Waals surface area contributed by atoms with Crippen molar-refractivity contribution in [2.45, 2.75) is 0 Å². The first-order chi connectivity index (χ1) is 12.1. The van der Waals surface area contributed by atoms with Crippen molar-refractivity contribution in [2.24, 2.45) is 0 Å². The molecule has 0 aliphatic heterocycles. The van der Waals surface area contributed by atoms with E-state index >= 15 is 0 Å². The predicted molar refractivity (Wildman–Crippen MR) is 93.6 cm³/mol. The van der Waals surface area contributed by atoms with Gasteiger partial charge in [0.15, 0.2) is 5.75 Å². The Hall–Kier alpha value is -3.57. The van der Waals surface area contributed by atoms with Crippen molar-refractivity contribution in [3.63, 3.8) is 0 Å². The van der Waals surface area contributed by atoms with E-state index in [0.29, 0.717) is 10.6 Å². The molecule has 0 fully saturated rings. The second-order valence-corrected chi connectivity index (χ2v) is 5.81. The first-order valence-electron chi connectivity index (χ1n) is 7.04. The van der Waals surface area contributed by atoms with E-state index in [1.807, 2.05) is 17.5 Å². The number of pyridine rings is 1. The van der Waals surface area contributed by atoms with E-state index in [4.69, 9.17) is 0 Å². The number of nitrogens with zero attached hydrogens (tertiary/aromatic N) is 4. The van der Waals surface area contributed by atoms with Gasteiger partial charge in [0.2, 0.25) is 0 Å². The summed E-state index contributed by atoms with van der Waals surface area (Å²) >= 11 is 1.30. The van der Waals surface area contributed by atoms with Gasteiger partial charge in [-0.25, -0.2) is 4.98 Å². The van der Waals surface area contributed by atoms with Crippen LogP contribution in [0, 0.1) is 21.4 Å². The van der Waals surface area contributed by atoms with Crippen LogP contribution in [0.25, 0.3) is 22.9 Å². The maximum atomic E-state index is 10.9. The van der Waals surface area contributed by atoms with E-state index in [1.54, 1.807) is 12.4 Å². The Bertz CT molecular complexity index is 1010. The monoisotopic (exact) mass is 350 g/mol. The SMILES string of the molecule is N#C/C(=C\c1ccc(O)c([N+](=O)[O-])c1)c1nc(-c2ccncc2)cs1. The van der Waals surface area contributed by atoms with Crippen molar-refractivity contribution in [2.75, 3.05) is 0 Å². The van der Waals surface area contributed by atoms with E-state index in [-0.39, 0.29) is 5.57 Å². The number of nitro benzene ring substituents is 1. The van der Waals surface area contributed by atoms with Gasteiger partial charge in [-0.3, -0.25) is 15.1 Å². The van der Waals surface area contributed by atoms with Crippen LogP contribution < -0.4 is 0 Å². The fourth-order valence-electron chi connectivity index (χ4n) is 2.14. The summed E-state index contributed by atoms with van der Waals surface area (Å²) in [7, 11) is 0.